The van der Waals surface area contributed by atoms with Gasteiger partial charge < -0.3 is 20.8 Å². The monoisotopic (exact) mass is 391 g/mol. The molecule has 0 aliphatic heterocycles. The number of nitrogens with two attached hydrogens (primary N) is 1. The number of carbonyl (C=O) groups is 3. The smallest absolute Gasteiger partial charge is 0.291 e. The van der Waals surface area contributed by atoms with Crippen molar-refractivity contribution in [1.29, 1.82) is 0 Å². The molecule has 0 saturated heterocycles. The lowest BCUT2D eigenvalue weighted by Gasteiger charge is -2.16. The van der Waals surface area contributed by atoms with E-state index < -0.39 is 17.9 Å². The Bertz CT molecular complexity index is 1010. The summed E-state index contributed by atoms with van der Waals surface area (Å²) in [5, 5.41) is 5.41. The summed E-state index contributed by atoms with van der Waals surface area (Å²) in [5.41, 5.74) is 7.95. The van der Waals surface area contributed by atoms with Crippen molar-refractivity contribution in [1.82, 2.24) is 5.32 Å². The van der Waals surface area contributed by atoms with Gasteiger partial charge in [0.05, 0.1) is 6.26 Å². The van der Waals surface area contributed by atoms with Gasteiger partial charge in [0.15, 0.2) is 5.76 Å². The average Bonchev–Trinajstić information content (AvgIpc) is 3.24. The number of furan rings is 1. The van der Waals surface area contributed by atoms with Crippen LogP contribution in [0, 0.1) is 6.92 Å². The Balaban J connectivity index is 1.69. The Morgan fingerprint density at radius 1 is 1.00 bits per heavy atom. The lowest BCUT2D eigenvalue weighted by atomic mass is 10.0. The van der Waals surface area contributed by atoms with Crippen LogP contribution in [-0.4, -0.2) is 23.8 Å². The van der Waals surface area contributed by atoms with Crippen LogP contribution in [-0.2, 0) is 11.2 Å². The normalized spacial score (nSPS) is 11.5. The van der Waals surface area contributed by atoms with Crippen LogP contribution in [0.1, 0.15) is 32.0 Å². The largest absolute Gasteiger partial charge is 0.459 e. The maximum absolute atomic E-state index is 12.6. The van der Waals surface area contributed by atoms with E-state index in [-0.39, 0.29) is 11.7 Å². The Kier molecular flexibility index (Phi) is 6.09. The van der Waals surface area contributed by atoms with Gasteiger partial charge >= 0.3 is 0 Å². The standard InChI is InChI=1S/C22H21N3O4/c1-14-12-16(9-10-17(14)24-22(28)19-8-5-11-29-19)21(27)25-18(20(23)26)13-15-6-3-2-4-7-15/h2-12,18H,13H2,1H3,(H2,23,26)(H,24,28)(H,25,27)/t18-/m0/s1. The number of hydrogen-bond acceptors (Lipinski definition) is 4. The lowest BCUT2D eigenvalue weighted by molar-refractivity contribution is -0.119. The molecule has 1 heterocycles. The van der Waals surface area contributed by atoms with E-state index in [0.717, 1.165) is 5.56 Å². The van der Waals surface area contributed by atoms with E-state index >= 15 is 0 Å². The summed E-state index contributed by atoms with van der Waals surface area (Å²) in [7, 11) is 0. The summed E-state index contributed by atoms with van der Waals surface area (Å²) in [4.78, 5) is 36.5. The average molecular weight is 391 g/mol. The summed E-state index contributed by atoms with van der Waals surface area (Å²) in [6, 6.07) is 16.5. The van der Waals surface area contributed by atoms with Crippen molar-refractivity contribution < 1.29 is 18.8 Å². The van der Waals surface area contributed by atoms with Gasteiger partial charge in [0.25, 0.3) is 11.8 Å². The molecule has 0 fully saturated rings. The van der Waals surface area contributed by atoms with Crippen molar-refractivity contribution in [2.75, 3.05) is 5.32 Å². The fraction of sp³-hybridized carbons (Fsp3) is 0.136. The molecule has 2 aromatic carbocycles. The Hall–Kier alpha value is -3.87. The van der Waals surface area contributed by atoms with Crippen LogP contribution in [0.3, 0.4) is 0 Å². The second-order valence-corrected chi connectivity index (χ2v) is 6.58. The molecule has 29 heavy (non-hydrogen) atoms. The fourth-order valence-electron chi connectivity index (χ4n) is 2.85. The minimum atomic E-state index is -0.830. The van der Waals surface area contributed by atoms with E-state index in [1.54, 1.807) is 37.3 Å². The number of aryl methyl sites for hydroxylation is 1. The molecule has 0 aliphatic carbocycles. The Morgan fingerprint density at radius 3 is 2.38 bits per heavy atom. The molecule has 7 heteroatoms. The number of nitrogens with one attached hydrogen (secondary N) is 2. The predicted molar refractivity (Wildman–Crippen MR) is 108 cm³/mol. The van der Waals surface area contributed by atoms with E-state index in [9.17, 15) is 14.4 Å². The van der Waals surface area contributed by atoms with E-state index in [1.165, 1.54) is 6.26 Å². The Labute approximate surface area is 167 Å². The van der Waals surface area contributed by atoms with Gasteiger partial charge in [-0.1, -0.05) is 30.3 Å². The third-order valence-electron chi connectivity index (χ3n) is 4.41. The molecule has 0 radical (unpaired) electrons. The summed E-state index contributed by atoms with van der Waals surface area (Å²) in [6.45, 7) is 1.77. The van der Waals surface area contributed by atoms with Crippen LogP contribution < -0.4 is 16.4 Å². The molecule has 0 aliphatic rings. The number of rotatable bonds is 7. The van der Waals surface area contributed by atoms with Crippen LogP contribution in [0.4, 0.5) is 5.69 Å². The summed E-state index contributed by atoms with van der Waals surface area (Å²) < 4.78 is 5.06. The quantitative estimate of drug-likeness (QED) is 0.574. The van der Waals surface area contributed by atoms with E-state index in [1.807, 2.05) is 30.3 Å². The van der Waals surface area contributed by atoms with E-state index in [4.69, 9.17) is 10.2 Å². The first-order valence-electron chi connectivity index (χ1n) is 9.03. The van der Waals surface area contributed by atoms with Crippen LogP contribution in [0.15, 0.2) is 71.3 Å². The first-order chi connectivity index (χ1) is 13.9. The van der Waals surface area contributed by atoms with Crippen LogP contribution in [0.2, 0.25) is 0 Å². The predicted octanol–water partition coefficient (Wildman–Crippen LogP) is 2.67. The molecule has 7 nitrogen and oxygen atoms in total. The minimum absolute atomic E-state index is 0.191. The van der Waals surface area contributed by atoms with Gasteiger partial charge in [0.2, 0.25) is 5.91 Å². The van der Waals surface area contributed by atoms with Crippen molar-refractivity contribution in [2.45, 2.75) is 19.4 Å². The van der Waals surface area contributed by atoms with Crippen molar-refractivity contribution in [2.24, 2.45) is 5.73 Å². The van der Waals surface area contributed by atoms with Crippen molar-refractivity contribution in [3.63, 3.8) is 0 Å². The highest BCUT2D eigenvalue weighted by Crippen LogP contribution is 2.18. The molecular formula is C22H21N3O4. The minimum Gasteiger partial charge on any atom is -0.459 e. The first kappa shape index (κ1) is 19.9. The molecule has 0 bridgehead atoms. The van der Waals surface area contributed by atoms with Crippen molar-refractivity contribution in [3.8, 4) is 0 Å². The highest BCUT2D eigenvalue weighted by molar-refractivity contribution is 6.03. The SMILES string of the molecule is Cc1cc(C(=O)N[C@@H](Cc2ccccc2)C(N)=O)ccc1NC(=O)c1ccco1. The number of amides is 3. The second-order valence-electron chi connectivity index (χ2n) is 6.58. The summed E-state index contributed by atoms with van der Waals surface area (Å²) >= 11 is 0. The van der Waals surface area contributed by atoms with E-state index in [2.05, 4.69) is 10.6 Å². The molecule has 4 N–H and O–H groups in total. The maximum atomic E-state index is 12.6. The highest BCUT2D eigenvalue weighted by Gasteiger charge is 2.20. The van der Waals surface area contributed by atoms with Crippen molar-refractivity contribution in [3.05, 3.63) is 89.4 Å². The lowest BCUT2D eigenvalue weighted by Crippen LogP contribution is -2.45. The molecule has 3 rings (SSSR count). The number of primary amides is 1. The summed E-state index contributed by atoms with van der Waals surface area (Å²) in [5.74, 6) is -1.22. The summed E-state index contributed by atoms with van der Waals surface area (Å²) in [6.07, 6.45) is 1.72. The number of carbonyl (C=O) groups excluding carboxylic acids is 3. The van der Waals surface area contributed by atoms with Gasteiger partial charge in [-0.15, -0.1) is 0 Å². The van der Waals surface area contributed by atoms with Gasteiger partial charge in [-0.25, -0.2) is 0 Å². The third-order valence-corrected chi connectivity index (χ3v) is 4.41. The molecule has 0 unspecified atom stereocenters. The molecule has 1 atom stereocenters. The zero-order valence-corrected chi connectivity index (χ0v) is 15.8. The fourth-order valence-corrected chi connectivity index (χ4v) is 2.85. The van der Waals surface area contributed by atoms with E-state index in [0.29, 0.717) is 23.2 Å². The van der Waals surface area contributed by atoms with Gasteiger partial charge in [0.1, 0.15) is 6.04 Å². The number of hydrogen-bond donors (Lipinski definition) is 3. The van der Waals surface area contributed by atoms with Crippen LogP contribution in [0.5, 0.6) is 0 Å². The molecule has 148 valence electrons. The van der Waals surface area contributed by atoms with Crippen LogP contribution >= 0.6 is 0 Å². The number of anilines is 1. The van der Waals surface area contributed by atoms with Crippen LogP contribution in [0.25, 0.3) is 0 Å². The molecule has 3 aromatic rings. The Morgan fingerprint density at radius 2 is 1.76 bits per heavy atom. The first-order valence-corrected chi connectivity index (χ1v) is 9.03. The van der Waals surface area contributed by atoms with Gasteiger partial charge in [-0.2, -0.15) is 0 Å². The third kappa shape index (κ3) is 5.10. The topological polar surface area (TPSA) is 114 Å². The molecule has 1 aromatic heterocycles. The molecule has 3 amide bonds. The number of benzene rings is 2. The molecule has 0 saturated carbocycles. The highest BCUT2D eigenvalue weighted by atomic mass is 16.3. The molecule has 0 spiro atoms. The molecular weight excluding hydrogens is 370 g/mol. The van der Waals surface area contributed by atoms with Gasteiger partial charge in [-0.05, 0) is 48.4 Å². The van der Waals surface area contributed by atoms with Crippen molar-refractivity contribution >= 4 is 23.4 Å². The maximum Gasteiger partial charge on any atom is 0.291 e. The zero-order valence-electron chi connectivity index (χ0n) is 15.8. The van der Waals surface area contributed by atoms with Gasteiger partial charge in [0, 0.05) is 17.7 Å². The zero-order chi connectivity index (χ0) is 20.8. The van der Waals surface area contributed by atoms with Gasteiger partial charge in [-0.3, -0.25) is 14.4 Å². The second kappa shape index (κ2) is 8.88.